The number of nitrogens with zero attached hydrogens (tertiary/aromatic N) is 2. The van der Waals surface area contributed by atoms with Crippen LogP contribution in [0.5, 0.6) is 0 Å². The van der Waals surface area contributed by atoms with Gasteiger partial charge in [0.25, 0.3) is 5.91 Å². The van der Waals surface area contributed by atoms with Crippen LogP contribution in [0, 0.1) is 5.92 Å². The van der Waals surface area contributed by atoms with Crippen molar-refractivity contribution in [2.45, 2.75) is 32.7 Å². The zero-order chi connectivity index (χ0) is 22.0. The van der Waals surface area contributed by atoms with Gasteiger partial charge in [-0.05, 0) is 48.4 Å². The van der Waals surface area contributed by atoms with Crippen LogP contribution >= 0.6 is 22.9 Å². The van der Waals surface area contributed by atoms with Crippen molar-refractivity contribution >= 4 is 39.8 Å². The molecule has 3 N–H and O–H groups in total. The topological polar surface area (TPSA) is 78.7 Å². The summed E-state index contributed by atoms with van der Waals surface area (Å²) in [6.45, 7) is 6.86. The second-order valence-electron chi connectivity index (χ2n) is 8.65. The van der Waals surface area contributed by atoms with Gasteiger partial charge in [-0.3, -0.25) is 19.4 Å². The van der Waals surface area contributed by atoms with E-state index < -0.39 is 5.91 Å². The third-order valence-corrected chi connectivity index (χ3v) is 7.54. The summed E-state index contributed by atoms with van der Waals surface area (Å²) in [5.41, 5.74) is 8.42. The first-order valence-electron chi connectivity index (χ1n) is 10.8. The molecule has 2 aliphatic rings. The zero-order valence-corrected chi connectivity index (χ0v) is 19.4. The summed E-state index contributed by atoms with van der Waals surface area (Å²) in [6, 6.07) is 7.94. The average Bonchev–Trinajstić information content (AvgIpc) is 3.06. The Morgan fingerprint density at radius 1 is 1.23 bits per heavy atom. The van der Waals surface area contributed by atoms with Crippen molar-refractivity contribution in [1.29, 1.82) is 0 Å². The second-order valence-corrected chi connectivity index (χ2v) is 10.2. The first kappa shape index (κ1) is 22.3. The number of benzene rings is 1. The number of fused-ring (bicyclic) bond motifs is 1. The number of amides is 2. The highest BCUT2D eigenvalue weighted by molar-refractivity contribution is 7.17. The molecular weight excluding hydrogens is 432 g/mol. The van der Waals surface area contributed by atoms with Crippen molar-refractivity contribution in [3.05, 3.63) is 50.9 Å². The van der Waals surface area contributed by atoms with E-state index in [0.29, 0.717) is 23.0 Å². The van der Waals surface area contributed by atoms with E-state index >= 15 is 0 Å². The van der Waals surface area contributed by atoms with Crippen molar-refractivity contribution in [2.75, 3.05) is 38.0 Å². The Bertz CT molecular complexity index is 968. The molecule has 0 bridgehead atoms. The Morgan fingerprint density at radius 3 is 2.68 bits per heavy atom. The van der Waals surface area contributed by atoms with E-state index in [2.05, 4.69) is 28.1 Å². The highest BCUT2D eigenvalue weighted by Gasteiger charge is 2.28. The number of piperazine rings is 1. The number of anilines is 1. The number of carbonyl (C=O) groups excluding carboxylic acids is 2. The van der Waals surface area contributed by atoms with Crippen molar-refractivity contribution in [3.8, 4) is 0 Å². The van der Waals surface area contributed by atoms with Crippen LogP contribution in [0.4, 0.5) is 5.00 Å². The average molecular weight is 461 g/mol. The molecule has 2 heterocycles. The molecule has 0 saturated carbocycles. The summed E-state index contributed by atoms with van der Waals surface area (Å²) in [6.07, 6.45) is 2.86. The summed E-state index contributed by atoms with van der Waals surface area (Å²) < 4.78 is 0. The number of nitrogens with two attached hydrogens (primary N) is 1. The lowest BCUT2D eigenvalue weighted by Crippen LogP contribution is -2.48. The van der Waals surface area contributed by atoms with Crippen LogP contribution in [0.25, 0.3) is 0 Å². The second kappa shape index (κ2) is 9.69. The van der Waals surface area contributed by atoms with E-state index in [0.717, 1.165) is 62.6 Å². The minimum absolute atomic E-state index is 0.0857. The summed E-state index contributed by atoms with van der Waals surface area (Å²) in [4.78, 5) is 30.5. The molecule has 0 spiro atoms. The van der Waals surface area contributed by atoms with E-state index in [4.69, 9.17) is 17.3 Å². The lowest BCUT2D eigenvalue weighted by molar-refractivity contribution is -0.117. The fourth-order valence-electron chi connectivity index (χ4n) is 4.47. The largest absolute Gasteiger partial charge is 0.365 e. The van der Waals surface area contributed by atoms with Crippen LogP contribution in [0.15, 0.2) is 24.3 Å². The molecule has 1 aromatic carbocycles. The Labute approximate surface area is 192 Å². The molecular formula is C23H29ClN4O2S. The maximum Gasteiger partial charge on any atom is 0.251 e. The number of primary amides is 1. The number of hydrogen-bond acceptors (Lipinski definition) is 5. The number of rotatable bonds is 6. The predicted molar refractivity (Wildman–Crippen MR) is 126 cm³/mol. The van der Waals surface area contributed by atoms with Gasteiger partial charge in [0.15, 0.2) is 0 Å². The van der Waals surface area contributed by atoms with Gasteiger partial charge in [-0.15, -0.1) is 11.3 Å². The number of hydrogen-bond donors (Lipinski definition) is 2. The van der Waals surface area contributed by atoms with Crippen molar-refractivity contribution < 1.29 is 9.59 Å². The molecule has 31 heavy (non-hydrogen) atoms. The van der Waals surface area contributed by atoms with E-state index in [1.54, 1.807) is 0 Å². The fraction of sp³-hybridized carbons (Fsp3) is 0.478. The molecule has 6 nitrogen and oxygen atoms in total. The van der Waals surface area contributed by atoms with Crippen molar-refractivity contribution in [1.82, 2.24) is 9.80 Å². The first-order valence-corrected chi connectivity index (χ1v) is 12.0. The third-order valence-electron chi connectivity index (χ3n) is 6.14. The number of halogens is 1. The molecule has 8 heteroatoms. The molecule has 2 aromatic rings. The van der Waals surface area contributed by atoms with Crippen LogP contribution in [-0.2, 0) is 24.2 Å². The third kappa shape index (κ3) is 5.47. The molecule has 1 aliphatic heterocycles. The summed E-state index contributed by atoms with van der Waals surface area (Å²) >= 11 is 7.60. The van der Waals surface area contributed by atoms with Crippen LogP contribution < -0.4 is 11.1 Å². The number of nitrogens with one attached hydrogen (secondary N) is 1. The lowest BCUT2D eigenvalue weighted by atomic mass is 9.88. The molecule has 1 atom stereocenters. The van der Waals surface area contributed by atoms with Crippen LogP contribution in [0.1, 0.15) is 39.7 Å². The van der Waals surface area contributed by atoms with Gasteiger partial charge in [0.2, 0.25) is 5.91 Å². The van der Waals surface area contributed by atoms with E-state index in [1.165, 1.54) is 21.8 Å². The molecule has 1 fully saturated rings. The SMILES string of the molecule is CC1CCc2c(sc(NC(=O)CN3CCN(Cc4cccc(Cl)c4)CC3)c2C(N)=O)C1. The summed E-state index contributed by atoms with van der Waals surface area (Å²) in [5, 5.41) is 4.36. The molecule has 166 valence electrons. The van der Waals surface area contributed by atoms with E-state index in [-0.39, 0.29) is 5.91 Å². The first-order chi connectivity index (χ1) is 14.9. The fourth-order valence-corrected chi connectivity index (χ4v) is 6.11. The van der Waals surface area contributed by atoms with Gasteiger partial charge >= 0.3 is 0 Å². The summed E-state index contributed by atoms with van der Waals surface area (Å²) in [7, 11) is 0. The Hall–Kier alpha value is -1.93. The Balaban J connectivity index is 1.31. The quantitative estimate of drug-likeness (QED) is 0.692. The van der Waals surface area contributed by atoms with Gasteiger partial charge in [0, 0.05) is 42.6 Å². The Morgan fingerprint density at radius 2 is 1.97 bits per heavy atom. The van der Waals surface area contributed by atoms with Gasteiger partial charge in [-0.2, -0.15) is 0 Å². The monoisotopic (exact) mass is 460 g/mol. The molecule has 1 saturated heterocycles. The maximum atomic E-state index is 12.7. The number of carbonyl (C=O) groups is 2. The van der Waals surface area contributed by atoms with Crippen molar-refractivity contribution in [2.24, 2.45) is 11.7 Å². The van der Waals surface area contributed by atoms with E-state index in [1.807, 2.05) is 18.2 Å². The molecule has 1 unspecified atom stereocenters. The lowest BCUT2D eigenvalue weighted by Gasteiger charge is -2.34. The Kier molecular flexibility index (Phi) is 6.96. The minimum atomic E-state index is -0.447. The zero-order valence-electron chi connectivity index (χ0n) is 17.8. The summed E-state index contributed by atoms with van der Waals surface area (Å²) in [5.74, 6) is 0.0630. The molecule has 4 rings (SSSR count). The van der Waals surface area contributed by atoms with Crippen LogP contribution in [-0.4, -0.2) is 54.3 Å². The highest BCUT2D eigenvalue weighted by Crippen LogP contribution is 2.39. The van der Waals surface area contributed by atoms with Crippen LogP contribution in [0.2, 0.25) is 5.02 Å². The van der Waals surface area contributed by atoms with Gasteiger partial charge in [0.1, 0.15) is 5.00 Å². The van der Waals surface area contributed by atoms with Gasteiger partial charge in [-0.1, -0.05) is 30.7 Å². The minimum Gasteiger partial charge on any atom is -0.365 e. The molecule has 1 aromatic heterocycles. The van der Waals surface area contributed by atoms with Gasteiger partial charge in [-0.25, -0.2) is 0 Å². The van der Waals surface area contributed by atoms with Gasteiger partial charge in [0.05, 0.1) is 12.1 Å². The highest BCUT2D eigenvalue weighted by atomic mass is 35.5. The van der Waals surface area contributed by atoms with Crippen LogP contribution in [0.3, 0.4) is 0 Å². The molecule has 2 amide bonds. The van der Waals surface area contributed by atoms with Crippen molar-refractivity contribution in [3.63, 3.8) is 0 Å². The maximum absolute atomic E-state index is 12.7. The molecule has 1 aliphatic carbocycles. The molecule has 0 radical (unpaired) electrons. The smallest absolute Gasteiger partial charge is 0.251 e. The standard InChI is InChI=1S/C23H29ClN4O2S/c1-15-5-6-18-19(11-15)31-23(21(18)22(25)30)26-20(29)14-28-9-7-27(8-10-28)13-16-3-2-4-17(24)12-16/h2-4,12,15H,5-11,13-14H2,1H3,(H2,25,30)(H,26,29). The van der Waals surface area contributed by atoms with E-state index in [9.17, 15) is 9.59 Å². The normalized spacial score (nSPS) is 19.7. The number of thiophene rings is 1. The van der Waals surface area contributed by atoms with Gasteiger partial charge < -0.3 is 11.1 Å². The predicted octanol–water partition coefficient (Wildman–Crippen LogP) is 3.38.